The van der Waals surface area contributed by atoms with Gasteiger partial charge < -0.3 is 20.7 Å². The Bertz CT molecular complexity index is 98.2. The molecule has 9 heavy (non-hydrogen) atoms. The smallest absolute Gasteiger partial charge is 0.108 e. The van der Waals surface area contributed by atoms with E-state index < -0.39 is 12.2 Å². The van der Waals surface area contributed by atoms with Crippen molar-refractivity contribution in [2.75, 3.05) is 13.2 Å². The molecule has 0 aromatic rings. The molecular formula is C5H11NO3. The van der Waals surface area contributed by atoms with Gasteiger partial charge in [-0.05, 0) is 0 Å². The van der Waals surface area contributed by atoms with E-state index in [2.05, 4.69) is 0 Å². The van der Waals surface area contributed by atoms with Crippen molar-refractivity contribution < 1.29 is 14.9 Å². The minimum absolute atomic E-state index is 0.158. The Morgan fingerprint density at radius 1 is 1.67 bits per heavy atom. The van der Waals surface area contributed by atoms with Crippen molar-refractivity contribution in [3.8, 4) is 0 Å². The maximum Gasteiger partial charge on any atom is 0.108 e. The molecule has 0 bridgehead atoms. The molecule has 1 aliphatic rings. The summed E-state index contributed by atoms with van der Waals surface area (Å²) in [6.45, 7) is 0.182. The number of hydrogen-bond donors (Lipinski definition) is 3. The zero-order valence-corrected chi connectivity index (χ0v) is 5.03. The average Bonchev–Trinajstić information content (AvgIpc) is 2.15. The lowest BCUT2D eigenvalue weighted by atomic mass is 10.1. The fourth-order valence-electron chi connectivity index (χ4n) is 0.868. The standard InChI is InChI=1S/C5H11NO3/c6-3-2-9-4(1-7)5(3)8/h3-5,7-8H,1-2,6H2/t3-,4-,5?/m1/s1. The Labute approximate surface area is 53.2 Å². The summed E-state index contributed by atoms with van der Waals surface area (Å²) in [4.78, 5) is 0. The molecule has 0 saturated carbocycles. The van der Waals surface area contributed by atoms with Gasteiger partial charge in [-0.1, -0.05) is 0 Å². The molecule has 3 atom stereocenters. The summed E-state index contributed by atoms with van der Waals surface area (Å²) in [5.74, 6) is 0. The number of aliphatic hydroxyl groups is 2. The molecule has 1 rings (SSSR count). The van der Waals surface area contributed by atoms with E-state index in [9.17, 15) is 0 Å². The number of ether oxygens (including phenoxy) is 1. The highest BCUT2D eigenvalue weighted by molar-refractivity contribution is 4.85. The summed E-state index contributed by atoms with van der Waals surface area (Å²) in [6.07, 6.45) is -1.17. The monoisotopic (exact) mass is 133 g/mol. The fourth-order valence-corrected chi connectivity index (χ4v) is 0.868. The van der Waals surface area contributed by atoms with Crippen molar-refractivity contribution >= 4 is 0 Å². The number of rotatable bonds is 1. The van der Waals surface area contributed by atoms with Gasteiger partial charge in [0.25, 0.3) is 0 Å². The summed E-state index contributed by atoms with van der Waals surface area (Å²) < 4.78 is 4.90. The van der Waals surface area contributed by atoms with Crippen LogP contribution < -0.4 is 5.73 Å². The van der Waals surface area contributed by atoms with E-state index in [0.717, 1.165) is 0 Å². The fraction of sp³-hybridized carbons (Fsp3) is 1.00. The van der Waals surface area contributed by atoms with Gasteiger partial charge in [0.1, 0.15) is 6.10 Å². The van der Waals surface area contributed by atoms with Crippen LogP contribution in [0.15, 0.2) is 0 Å². The molecule has 54 valence electrons. The molecule has 0 radical (unpaired) electrons. The summed E-state index contributed by atoms with van der Waals surface area (Å²) in [6, 6.07) is -0.331. The third-order valence-corrected chi connectivity index (χ3v) is 1.50. The number of hydrogen-bond acceptors (Lipinski definition) is 4. The molecule has 0 spiro atoms. The first-order valence-corrected chi connectivity index (χ1v) is 2.92. The van der Waals surface area contributed by atoms with Gasteiger partial charge in [-0.25, -0.2) is 0 Å². The van der Waals surface area contributed by atoms with Gasteiger partial charge in [-0.3, -0.25) is 0 Å². The van der Waals surface area contributed by atoms with Crippen LogP contribution in [0.3, 0.4) is 0 Å². The minimum Gasteiger partial charge on any atom is -0.394 e. The predicted molar refractivity (Wildman–Crippen MR) is 30.8 cm³/mol. The van der Waals surface area contributed by atoms with Crippen molar-refractivity contribution in [1.29, 1.82) is 0 Å². The number of nitrogens with two attached hydrogens (primary N) is 1. The molecule has 0 aromatic carbocycles. The van der Waals surface area contributed by atoms with Crippen LogP contribution in [0.25, 0.3) is 0 Å². The Morgan fingerprint density at radius 3 is 2.56 bits per heavy atom. The van der Waals surface area contributed by atoms with Gasteiger partial charge >= 0.3 is 0 Å². The van der Waals surface area contributed by atoms with Gasteiger partial charge in [-0.2, -0.15) is 0 Å². The van der Waals surface area contributed by atoms with Gasteiger partial charge in [0.15, 0.2) is 0 Å². The van der Waals surface area contributed by atoms with Gasteiger partial charge in [0.2, 0.25) is 0 Å². The Morgan fingerprint density at radius 2 is 2.33 bits per heavy atom. The van der Waals surface area contributed by atoms with E-state index in [1.807, 2.05) is 0 Å². The first-order chi connectivity index (χ1) is 4.25. The minimum atomic E-state index is -0.699. The normalized spacial score (nSPS) is 43.7. The summed E-state index contributed by atoms with van der Waals surface area (Å²) in [5.41, 5.74) is 5.36. The molecule has 1 unspecified atom stereocenters. The maximum absolute atomic E-state index is 9.05. The molecule has 1 heterocycles. The summed E-state index contributed by atoms with van der Waals surface area (Å²) in [5, 5.41) is 17.6. The van der Waals surface area contributed by atoms with Crippen LogP contribution in [0.4, 0.5) is 0 Å². The third kappa shape index (κ3) is 1.21. The van der Waals surface area contributed by atoms with E-state index in [1.54, 1.807) is 0 Å². The molecule has 0 aromatic heterocycles. The molecule has 4 heteroatoms. The van der Waals surface area contributed by atoms with Crippen molar-refractivity contribution in [1.82, 2.24) is 0 Å². The first-order valence-electron chi connectivity index (χ1n) is 2.92. The molecule has 4 nitrogen and oxygen atoms in total. The van der Waals surface area contributed by atoms with Crippen LogP contribution in [0.5, 0.6) is 0 Å². The average molecular weight is 133 g/mol. The maximum atomic E-state index is 9.05. The second-order valence-corrected chi connectivity index (χ2v) is 2.21. The largest absolute Gasteiger partial charge is 0.394 e. The van der Waals surface area contributed by atoms with Gasteiger partial charge in [0.05, 0.1) is 25.4 Å². The van der Waals surface area contributed by atoms with Crippen LogP contribution in [-0.2, 0) is 4.74 Å². The molecule has 4 N–H and O–H groups in total. The first kappa shape index (κ1) is 6.95. The topological polar surface area (TPSA) is 75.7 Å². The van der Waals surface area contributed by atoms with Crippen molar-refractivity contribution in [2.45, 2.75) is 18.2 Å². The quantitative estimate of drug-likeness (QED) is 0.389. The van der Waals surface area contributed by atoms with E-state index in [1.165, 1.54) is 0 Å². The molecule has 0 amide bonds. The SMILES string of the molecule is N[C@@H]1CO[C@H](CO)C1O. The number of aliphatic hydroxyl groups excluding tert-OH is 2. The lowest BCUT2D eigenvalue weighted by Gasteiger charge is -2.10. The lowest BCUT2D eigenvalue weighted by Crippen LogP contribution is -2.37. The molecule has 0 aliphatic carbocycles. The summed E-state index contributed by atoms with van der Waals surface area (Å²) >= 11 is 0. The van der Waals surface area contributed by atoms with E-state index in [4.69, 9.17) is 20.7 Å². The van der Waals surface area contributed by atoms with E-state index in [-0.39, 0.29) is 12.6 Å². The Kier molecular flexibility index (Phi) is 2.02. The second-order valence-electron chi connectivity index (χ2n) is 2.21. The van der Waals surface area contributed by atoms with Crippen LogP contribution in [0.1, 0.15) is 0 Å². The van der Waals surface area contributed by atoms with Crippen LogP contribution >= 0.6 is 0 Å². The molecular weight excluding hydrogens is 122 g/mol. The highest BCUT2D eigenvalue weighted by Gasteiger charge is 2.32. The zero-order valence-electron chi connectivity index (χ0n) is 5.03. The van der Waals surface area contributed by atoms with Gasteiger partial charge in [-0.15, -0.1) is 0 Å². The van der Waals surface area contributed by atoms with Crippen molar-refractivity contribution in [2.24, 2.45) is 5.73 Å². The molecule has 1 aliphatic heterocycles. The second kappa shape index (κ2) is 2.62. The predicted octanol–water partition coefficient (Wildman–Crippen LogP) is -1.93. The van der Waals surface area contributed by atoms with Crippen LogP contribution in [-0.4, -0.2) is 41.7 Å². The van der Waals surface area contributed by atoms with Crippen LogP contribution in [0, 0.1) is 0 Å². The van der Waals surface area contributed by atoms with Gasteiger partial charge in [0, 0.05) is 0 Å². The van der Waals surface area contributed by atoms with Crippen molar-refractivity contribution in [3.63, 3.8) is 0 Å². The van der Waals surface area contributed by atoms with Crippen LogP contribution in [0.2, 0.25) is 0 Å². The van der Waals surface area contributed by atoms with E-state index >= 15 is 0 Å². The molecule has 1 fully saturated rings. The summed E-state index contributed by atoms with van der Waals surface area (Å²) in [7, 11) is 0. The van der Waals surface area contributed by atoms with Crippen molar-refractivity contribution in [3.05, 3.63) is 0 Å². The third-order valence-electron chi connectivity index (χ3n) is 1.50. The highest BCUT2D eigenvalue weighted by Crippen LogP contribution is 2.10. The Balaban J connectivity index is 2.41. The zero-order chi connectivity index (χ0) is 6.85. The highest BCUT2D eigenvalue weighted by atomic mass is 16.5. The van der Waals surface area contributed by atoms with E-state index in [0.29, 0.717) is 6.61 Å². The molecule has 1 saturated heterocycles. The lowest BCUT2D eigenvalue weighted by molar-refractivity contribution is 0.00336. The Hall–Kier alpha value is -0.160.